The molecule has 18 heavy (non-hydrogen) atoms. The number of hydrogen-bond donors (Lipinski definition) is 0. The first-order valence-corrected chi connectivity index (χ1v) is 6.19. The van der Waals surface area contributed by atoms with Crippen LogP contribution in [0.25, 0.3) is 0 Å². The van der Waals surface area contributed by atoms with Gasteiger partial charge in [-0.1, -0.05) is 30.3 Å². The Labute approximate surface area is 106 Å². The summed E-state index contributed by atoms with van der Waals surface area (Å²) >= 11 is 0. The number of ether oxygens (including phenoxy) is 1. The Morgan fingerprint density at radius 2 is 1.50 bits per heavy atom. The highest BCUT2D eigenvalue weighted by atomic mass is 16.5. The molecular weight excluding hydrogens is 224 g/mol. The van der Waals surface area contributed by atoms with E-state index in [0.29, 0.717) is 17.2 Å². The van der Waals surface area contributed by atoms with Crippen LogP contribution >= 0.6 is 0 Å². The third kappa shape index (κ3) is 2.43. The SMILES string of the molecule is O=C(c1ccccc1)c1ccc(OC2CC2)cc1. The van der Waals surface area contributed by atoms with E-state index in [1.54, 1.807) is 0 Å². The molecule has 2 nitrogen and oxygen atoms in total. The minimum Gasteiger partial charge on any atom is -0.490 e. The summed E-state index contributed by atoms with van der Waals surface area (Å²) in [7, 11) is 0. The summed E-state index contributed by atoms with van der Waals surface area (Å²) in [6.07, 6.45) is 2.68. The van der Waals surface area contributed by atoms with Crippen molar-refractivity contribution in [3.05, 3.63) is 65.7 Å². The highest BCUT2D eigenvalue weighted by Gasteiger charge is 2.23. The van der Waals surface area contributed by atoms with Crippen LogP contribution in [0.3, 0.4) is 0 Å². The molecule has 3 rings (SSSR count). The molecule has 0 N–H and O–H groups in total. The van der Waals surface area contributed by atoms with E-state index in [1.165, 1.54) is 0 Å². The lowest BCUT2D eigenvalue weighted by molar-refractivity contribution is 0.103. The second-order valence-electron chi connectivity index (χ2n) is 4.54. The smallest absolute Gasteiger partial charge is 0.193 e. The van der Waals surface area contributed by atoms with E-state index in [1.807, 2.05) is 54.6 Å². The summed E-state index contributed by atoms with van der Waals surface area (Å²) in [5.41, 5.74) is 1.41. The molecule has 0 aliphatic heterocycles. The summed E-state index contributed by atoms with van der Waals surface area (Å²) in [6, 6.07) is 16.7. The third-order valence-electron chi connectivity index (χ3n) is 2.98. The van der Waals surface area contributed by atoms with Crippen LogP contribution in [0.4, 0.5) is 0 Å². The molecule has 0 radical (unpaired) electrons. The minimum atomic E-state index is 0.0496. The van der Waals surface area contributed by atoms with Gasteiger partial charge in [0.05, 0.1) is 6.10 Å². The lowest BCUT2D eigenvalue weighted by atomic mass is 10.0. The lowest BCUT2D eigenvalue weighted by Gasteiger charge is -2.05. The first kappa shape index (κ1) is 11.0. The maximum Gasteiger partial charge on any atom is 0.193 e. The normalized spacial score (nSPS) is 14.2. The maximum absolute atomic E-state index is 12.2. The van der Waals surface area contributed by atoms with E-state index in [4.69, 9.17) is 4.74 Å². The Morgan fingerprint density at radius 3 is 2.11 bits per heavy atom. The highest BCUT2D eigenvalue weighted by Crippen LogP contribution is 2.26. The van der Waals surface area contributed by atoms with Crippen LogP contribution in [0, 0.1) is 0 Å². The van der Waals surface area contributed by atoms with Gasteiger partial charge in [-0.15, -0.1) is 0 Å². The van der Waals surface area contributed by atoms with E-state index < -0.39 is 0 Å². The van der Waals surface area contributed by atoms with Crippen molar-refractivity contribution in [1.82, 2.24) is 0 Å². The molecule has 0 saturated heterocycles. The first-order chi connectivity index (χ1) is 8.83. The molecule has 0 atom stereocenters. The zero-order valence-corrected chi connectivity index (χ0v) is 10.0. The fourth-order valence-corrected chi connectivity index (χ4v) is 1.82. The molecule has 2 heteroatoms. The summed E-state index contributed by atoms with van der Waals surface area (Å²) in [6.45, 7) is 0. The van der Waals surface area contributed by atoms with Crippen LogP contribution in [-0.2, 0) is 0 Å². The molecule has 1 aliphatic carbocycles. The van der Waals surface area contributed by atoms with Gasteiger partial charge in [0, 0.05) is 11.1 Å². The molecule has 1 saturated carbocycles. The molecule has 0 amide bonds. The van der Waals surface area contributed by atoms with Crippen molar-refractivity contribution in [1.29, 1.82) is 0 Å². The van der Waals surface area contributed by atoms with Gasteiger partial charge in [0.1, 0.15) is 5.75 Å². The van der Waals surface area contributed by atoms with Crippen LogP contribution in [-0.4, -0.2) is 11.9 Å². The molecule has 0 spiro atoms. The molecule has 2 aromatic rings. The molecule has 1 fully saturated rings. The van der Waals surface area contributed by atoms with E-state index >= 15 is 0 Å². The van der Waals surface area contributed by atoms with Crippen LogP contribution in [0.15, 0.2) is 54.6 Å². The van der Waals surface area contributed by atoms with Gasteiger partial charge in [0.15, 0.2) is 5.78 Å². The lowest BCUT2D eigenvalue weighted by Crippen LogP contribution is -2.01. The van der Waals surface area contributed by atoms with Crippen LogP contribution in [0.1, 0.15) is 28.8 Å². The molecule has 90 valence electrons. The molecule has 0 heterocycles. The van der Waals surface area contributed by atoms with E-state index in [2.05, 4.69) is 0 Å². The topological polar surface area (TPSA) is 26.3 Å². The first-order valence-electron chi connectivity index (χ1n) is 6.19. The number of carbonyl (C=O) groups excluding carboxylic acids is 1. The van der Waals surface area contributed by atoms with Gasteiger partial charge < -0.3 is 4.74 Å². The van der Waals surface area contributed by atoms with Crippen molar-refractivity contribution >= 4 is 5.78 Å². The van der Waals surface area contributed by atoms with Crippen LogP contribution in [0.5, 0.6) is 5.75 Å². The molecule has 0 unspecified atom stereocenters. The Kier molecular flexibility index (Phi) is 2.85. The standard InChI is InChI=1S/C16H14O2/c17-16(12-4-2-1-3-5-12)13-6-8-14(9-7-13)18-15-10-11-15/h1-9,15H,10-11H2. The molecule has 0 bridgehead atoms. The summed E-state index contributed by atoms with van der Waals surface area (Å²) in [5, 5.41) is 0. The van der Waals surface area contributed by atoms with Gasteiger partial charge >= 0.3 is 0 Å². The summed E-state index contributed by atoms with van der Waals surface area (Å²) in [5.74, 6) is 0.899. The molecule has 0 aromatic heterocycles. The second-order valence-corrected chi connectivity index (χ2v) is 4.54. The van der Waals surface area contributed by atoms with Crippen molar-refractivity contribution in [2.75, 3.05) is 0 Å². The van der Waals surface area contributed by atoms with Gasteiger partial charge in [-0.2, -0.15) is 0 Å². The average molecular weight is 238 g/mol. The van der Waals surface area contributed by atoms with Crippen molar-refractivity contribution in [2.24, 2.45) is 0 Å². The summed E-state index contributed by atoms with van der Waals surface area (Å²) in [4.78, 5) is 12.2. The average Bonchev–Trinajstić information content (AvgIpc) is 3.24. The van der Waals surface area contributed by atoms with Gasteiger partial charge in [-0.05, 0) is 37.1 Å². The minimum absolute atomic E-state index is 0.0496. The largest absolute Gasteiger partial charge is 0.490 e. The predicted octanol–water partition coefficient (Wildman–Crippen LogP) is 3.46. The van der Waals surface area contributed by atoms with E-state index in [0.717, 1.165) is 18.6 Å². The van der Waals surface area contributed by atoms with Gasteiger partial charge in [-0.3, -0.25) is 4.79 Å². The Hall–Kier alpha value is -2.09. The number of carbonyl (C=O) groups is 1. The van der Waals surface area contributed by atoms with E-state index in [9.17, 15) is 4.79 Å². The van der Waals surface area contributed by atoms with Crippen molar-refractivity contribution in [3.63, 3.8) is 0 Å². The number of ketones is 1. The van der Waals surface area contributed by atoms with Crippen molar-refractivity contribution in [2.45, 2.75) is 18.9 Å². The van der Waals surface area contributed by atoms with Crippen LogP contribution in [0.2, 0.25) is 0 Å². The number of benzene rings is 2. The third-order valence-corrected chi connectivity index (χ3v) is 2.98. The molecule has 1 aliphatic rings. The predicted molar refractivity (Wildman–Crippen MR) is 70.0 cm³/mol. The number of hydrogen-bond acceptors (Lipinski definition) is 2. The Balaban J connectivity index is 1.77. The van der Waals surface area contributed by atoms with Crippen molar-refractivity contribution < 1.29 is 9.53 Å². The fraction of sp³-hybridized carbons (Fsp3) is 0.188. The summed E-state index contributed by atoms with van der Waals surface area (Å²) < 4.78 is 5.65. The molecular formula is C16H14O2. The highest BCUT2D eigenvalue weighted by molar-refractivity contribution is 6.08. The van der Waals surface area contributed by atoms with E-state index in [-0.39, 0.29) is 5.78 Å². The van der Waals surface area contributed by atoms with Gasteiger partial charge in [0.2, 0.25) is 0 Å². The second kappa shape index (κ2) is 4.65. The fourth-order valence-electron chi connectivity index (χ4n) is 1.82. The zero-order chi connectivity index (χ0) is 12.4. The van der Waals surface area contributed by atoms with Gasteiger partial charge in [-0.25, -0.2) is 0 Å². The Bertz CT molecular complexity index is 539. The zero-order valence-electron chi connectivity index (χ0n) is 10.0. The maximum atomic E-state index is 12.2. The van der Waals surface area contributed by atoms with Gasteiger partial charge in [0.25, 0.3) is 0 Å². The number of rotatable bonds is 4. The van der Waals surface area contributed by atoms with Crippen molar-refractivity contribution in [3.8, 4) is 5.75 Å². The molecule has 2 aromatic carbocycles. The van der Waals surface area contributed by atoms with Crippen LogP contribution < -0.4 is 4.74 Å². The Morgan fingerprint density at radius 1 is 0.889 bits per heavy atom. The quantitative estimate of drug-likeness (QED) is 0.762. The monoisotopic (exact) mass is 238 g/mol.